The predicted octanol–water partition coefficient (Wildman–Crippen LogP) is 3.62. The number of phenolic OH excluding ortho intramolecular Hbond substituents is 2. The lowest BCUT2D eigenvalue weighted by Gasteiger charge is -2.11. The molecule has 0 radical (unpaired) electrons. The molecule has 0 unspecified atom stereocenters. The summed E-state index contributed by atoms with van der Waals surface area (Å²) in [6.45, 7) is 8.33. The van der Waals surface area contributed by atoms with Gasteiger partial charge in [-0.05, 0) is 19.9 Å². The zero-order valence-corrected chi connectivity index (χ0v) is 12.5. The largest absolute Gasteiger partial charge is 0.504 e. The van der Waals surface area contributed by atoms with E-state index in [9.17, 15) is 10.2 Å². The lowest BCUT2D eigenvalue weighted by molar-refractivity contribution is -0.715. The van der Waals surface area contributed by atoms with Gasteiger partial charge >= 0.3 is 0 Å². The lowest BCUT2D eigenvalue weighted by atomic mass is 10.1. The minimum Gasteiger partial charge on any atom is -0.504 e. The molecule has 19 heavy (non-hydrogen) atoms. The lowest BCUT2D eigenvalue weighted by Crippen LogP contribution is -2.34. The van der Waals surface area contributed by atoms with Gasteiger partial charge in [0, 0.05) is 16.7 Å². The second kappa shape index (κ2) is 5.29. The number of thioether (sulfide) groups is 1. The number of benzene rings is 1. The van der Waals surface area contributed by atoms with Gasteiger partial charge < -0.3 is 10.2 Å². The molecule has 2 N–H and O–H groups in total. The maximum atomic E-state index is 10.1. The average Bonchev–Trinajstić information content (AvgIpc) is 2.34. The van der Waals surface area contributed by atoms with E-state index >= 15 is 0 Å². The minimum atomic E-state index is -0.0310. The quantitative estimate of drug-likeness (QED) is 0.512. The normalized spacial score (nSPS) is 11.7. The molecular formula is C15H20NO2S+. The molecule has 0 fully saturated rings. The maximum absolute atomic E-state index is 10.1. The molecule has 1 aromatic carbocycles. The van der Waals surface area contributed by atoms with E-state index < -0.39 is 0 Å². The monoisotopic (exact) mass is 278 g/mol. The van der Waals surface area contributed by atoms with Gasteiger partial charge in [0.25, 0.3) is 0 Å². The average molecular weight is 278 g/mol. The van der Waals surface area contributed by atoms with Crippen molar-refractivity contribution in [3.8, 4) is 11.5 Å². The van der Waals surface area contributed by atoms with E-state index in [0.29, 0.717) is 16.7 Å². The van der Waals surface area contributed by atoms with Crippen LogP contribution in [0.2, 0.25) is 0 Å². The molecule has 4 heteroatoms. The van der Waals surface area contributed by atoms with E-state index in [-0.39, 0.29) is 11.5 Å². The Labute approximate surface area is 117 Å². The smallest absolute Gasteiger partial charge is 0.177 e. The van der Waals surface area contributed by atoms with Gasteiger partial charge in [-0.25, -0.2) is 4.57 Å². The van der Waals surface area contributed by atoms with Crippen LogP contribution in [0, 0.1) is 0 Å². The SMILES string of the molecule is CC(C)Sc1cc2c[n+](C(C)C)ccc2c(O)c1O. The third-order valence-electron chi connectivity index (χ3n) is 2.97. The van der Waals surface area contributed by atoms with Crippen LogP contribution < -0.4 is 4.57 Å². The van der Waals surface area contributed by atoms with E-state index in [4.69, 9.17) is 0 Å². The standard InChI is InChI=1S/C15H19NO2S/c1-9(2)16-6-5-12-11(8-16)7-13(19-10(3)4)15(18)14(12)17/h5-10,17H,1-4H3/p+1. The molecule has 1 aromatic heterocycles. The van der Waals surface area contributed by atoms with Crippen LogP contribution in [0.4, 0.5) is 0 Å². The molecule has 3 nitrogen and oxygen atoms in total. The van der Waals surface area contributed by atoms with Crippen LogP contribution in [-0.4, -0.2) is 15.5 Å². The van der Waals surface area contributed by atoms with Gasteiger partial charge in [-0.15, -0.1) is 11.8 Å². The number of fused-ring (bicyclic) bond motifs is 1. The first-order chi connectivity index (χ1) is 8.90. The number of aromatic hydroxyl groups is 2. The number of phenols is 2. The van der Waals surface area contributed by atoms with Crippen molar-refractivity contribution in [3.63, 3.8) is 0 Å². The first-order valence-electron chi connectivity index (χ1n) is 6.46. The Hall–Kier alpha value is -1.42. The number of hydrogen-bond donors (Lipinski definition) is 2. The Balaban J connectivity index is 2.63. The molecule has 0 saturated carbocycles. The Kier molecular flexibility index (Phi) is 3.90. The van der Waals surface area contributed by atoms with Gasteiger partial charge in [0.2, 0.25) is 0 Å². The maximum Gasteiger partial charge on any atom is 0.177 e. The molecule has 0 spiro atoms. The van der Waals surface area contributed by atoms with Gasteiger partial charge in [-0.2, -0.15) is 0 Å². The molecular weight excluding hydrogens is 258 g/mol. The summed E-state index contributed by atoms with van der Waals surface area (Å²) < 4.78 is 2.09. The van der Waals surface area contributed by atoms with Crippen LogP contribution >= 0.6 is 11.8 Å². The van der Waals surface area contributed by atoms with Crippen molar-refractivity contribution in [2.75, 3.05) is 0 Å². The Bertz CT molecular complexity index is 609. The topological polar surface area (TPSA) is 44.3 Å². The summed E-state index contributed by atoms with van der Waals surface area (Å²) in [4.78, 5) is 0.724. The zero-order valence-electron chi connectivity index (χ0n) is 11.7. The summed E-state index contributed by atoms with van der Waals surface area (Å²) in [5.74, 6) is -0.0509. The van der Waals surface area contributed by atoms with Crippen molar-refractivity contribution in [2.24, 2.45) is 0 Å². The van der Waals surface area contributed by atoms with Crippen molar-refractivity contribution in [1.82, 2.24) is 0 Å². The first kappa shape index (κ1) is 14.0. The van der Waals surface area contributed by atoms with Crippen molar-refractivity contribution in [2.45, 2.75) is 43.9 Å². The van der Waals surface area contributed by atoms with Crippen LogP contribution in [0.15, 0.2) is 29.4 Å². The molecule has 2 aromatic rings. The zero-order chi connectivity index (χ0) is 14.2. The highest BCUT2D eigenvalue weighted by atomic mass is 32.2. The van der Waals surface area contributed by atoms with E-state index in [1.54, 1.807) is 11.8 Å². The van der Waals surface area contributed by atoms with Crippen molar-refractivity contribution < 1.29 is 14.8 Å². The van der Waals surface area contributed by atoms with E-state index in [1.807, 2.05) is 24.5 Å². The second-order valence-electron chi connectivity index (χ2n) is 5.23. The Morgan fingerprint density at radius 1 is 1.11 bits per heavy atom. The fraction of sp³-hybridized carbons (Fsp3) is 0.400. The van der Waals surface area contributed by atoms with Gasteiger partial charge in [0.05, 0.1) is 10.3 Å². The molecule has 2 rings (SSSR count). The molecule has 0 bridgehead atoms. The van der Waals surface area contributed by atoms with Crippen LogP contribution in [0.3, 0.4) is 0 Å². The van der Waals surface area contributed by atoms with Gasteiger partial charge in [0.1, 0.15) is 0 Å². The first-order valence-corrected chi connectivity index (χ1v) is 7.34. The molecule has 0 atom stereocenters. The summed E-state index contributed by atoms with van der Waals surface area (Å²) in [7, 11) is 0. The highest BCUT2D eigenvalue weighted by Crippen LogP contribution is 2.42. The van der Waals surface area contributed by atoms with Crippen LogP contribution in [0.5, 0.6) is 11.5 Å². The van der Waals surface area contributed by atoms with Gasteiger partial charge in [-0.3, -0.25) is 0 Å². The van der Waals surface area contributed by atoms with Crippen molar-refractivity contribution in [1.29, 1.82) is 0 Å². The molecule has 1 heterocycles. The minimum absolute atomic E-state index is 0.0199. The Morgan fingerprint density at radius 3 is 2.37 bits per heavy atom. The number of pyridine rings is 1. The fourth-order valence-corrected chi connectivity index (χ4v) is 2.89. The third-order valence-corrected chi connectivity index (χ3v) is 4.01. The number of nitrogens with zero attached hydrogens (tertiary/aromatic N) is 1. The number of hydrogen-bond acceptors (Lipinski definition) is 3. The highest BCUT2D eigenvalue weighted by molar-refractivity contribution is 8.00. The van der Waals surface area contributed by atoms with Gasteiger partial charge in [0.15, 0.2) is 29.9 Å². The van der Waals surface area contributed by atoms with Crippen molar-refractivity contribution >= 4 is 22.5 Å². The number of aromatic nitrogens is 1. The van der Waals surface area contributed by atoms with Crippen LogP contribution in [-0.2, 0) is 0 Å². The summed E-state index contributed by atoms with van der Waals surface area (Å²) in [5, 5.41) is 22.1. The summed E-state index contributed by atoms with van der Waals surface area (Å²) >= 11 is 1.55. The van der Waals surface area contributed by atoms with Gasteiger partial charge in [-0.1, -0.05) is 13.8 Å². The van der Waals surface area contributed by atoms with E-state index in [1.165, 1.54) is 0 Å². The molecule has 0 aliphatic rings. The summed E-state index contributed by atoms with van der Waals surface area (Å²) in [6.07, 6.45) is 3.92. The fourth-order valence-electron chi connectivity index (χ4n) is 1.98. The molecule has 0 aliphatic carbocycles. The molecule has 102 valence electrons. The Morgan fingerprint density at radius 2 is 1.79 bits per heavy atom. The molecule has 0 aliphatic heterocycles. The van der Waals surface area contributed by atoms with E-state index in [2.05, 4.69) is 32.3 Å². The van der Waals surface area contributed by atoms with Crippen molar-refractivity contribution in [3.05, 3.63) is 24.5 Å². The number of rotatable bonds is 3. The summed E-state index contributed by atoms with van der Waals surface area (Å²) in [5.41, 5.74) is 0. The van der Waals surface area contributed by atoms with E-state index in [0.717, 1.165) is 10.3 Å². The summed E-state index contributed by atoms with van der Waals surface area (Å²) in [6, 6.07) is 4.14. The van der Waals surface area contributed by atoms with Crippen LogP contribution in [0.1, 0.15) is 33.7 Å². The predicted molar refractivity (Wildman–Crippen MR) is 78.9 cm³/mol. The van der Waals surface area contributed by atoms with Crippen LogP contribution in [0.25, 0.3) is 10.8 Å². The third kappa shape index (κ3) is 2.78. The molecule has 0 saturated heterocycles. The second-order valence-corrected chi connectivity index (χ2v) is 6.85. The highest BCUT2D eigenvalue weighted by Gasteiger charge is 2.16. The molecule has 0 amide bonds.